The molecule has 0 fully saturated rings. The third kappa shape index (κ3) is 3.65. The van der Waals surface area contributed by atoms with E-state index < -0.39 is 0 Å². The molecule has 1 aromatic heterocycles. The average Bonchev–Trinajstić information content (AvgIpc) is 2.70. The lowest BCUT2D eigenvalue weighted by molar-refractivity contribution is 0.280. The number of nitrogens with zero attached hydrogens (tertiary/aromatic N) is 1. The number of aliphatic hydroxyl groups is 1. The average molecular weight is 224 g/mol. The minimum atomic E-state index is 0.258. The van der Waals surface area contributed by atoms with Crippen LogP contribution >= 0.6 is 0 Å². The van der Waals surface area contributed by atoms with Crippen molar-refractivity contribution in [2.45, 2.75) is 39.8 Å². The minimum absolute atomic E-state index is 0.258. The second-order valence-electron chi connectivity index (χ2n) is 4.54. The van der Waals surface area contributed by atoms with E-state index in [1.807, 2.05) is 0 Å². The summed E-state index contributed by atoms with van der Waals surface area (Å²) < 4.78 is 2.15. The summed E-state index contributed by atoms with van der Waals surface area (Å²) in [5, 5.41) is 12.3. The highest BCUT2D eigenvalue weighted by molar-refractivity contribution is 5.16. The van der Waals surface area contributed by atoms with E-state index in [-0.39, 0.29) is 6.61 Å². The van der Waals surface area contributed by atoms with E-state index in [0.29, 0.717) is 12.0 Å². The van der Waals surface area contributed by atoms with E-state index in [1.54, 1.807) is 0 Å². The van der Waals surface area contributed by atoms with Crippen molar-refractivity contribution in [3.8, 4) is 0 Å². The molecule has 1 heterocycles. The van der Waals surface area contributed by atoms with Gasteiger partial charge in [-0.25, -0.2) is 0 Å². The zero-order valence-corrected chi connectivity index (χ0v) is 10.6. The van der Waals surface area contributed by atoms with Gasteiger partial charge in [0.15, 0.2) is 0 Å². The Morgan fingerprint density at radius 3 is 2.75 bits per heavy atom. The van der Waals surface area contributed by atoms with Gasteiger partial charge in [0.25, 0.3) is 0 Å². The highest BCUT2D eigenvalue weighted by Gasteiger charge is 2.15. The van der Waals surface area contributed by atoms with E-state index in [4.69, 9.17) is 5.11 Å². The molecule has 0 aromatic carbocycles. The summed E-state index contributed by atoms with van der Waals surface area (Å²) >= 11 is 0. The van der Waals surface area contributed by atoms with Crippen LogP contribution in [-0.4, -0.2) is 22.8 Å². The van der Waals surface area contributed by atoms with Crippen molar-refractivity contribution >= 4 is 0 Å². The third-order valence-electron chi connectivity index (χ3n) is 2.80. The molecule has 0 aliphatic heterocycles. The van der Waals surface area contributed by atoms with Gasteiger partial charge in [0.2, 0.25) is 0 Å². The smallest absolute Gasteiger partial charge is 0.0448 e. The molecule has 0 radical (unpaired) electrons. The molecule has 0 saturated carbocycles. The van der Waals surface area contributed by atoms with Crippen LogP contribution in [0.1, 0.15) is 38.8 Å². The van der Waals surface area contributed by atoms with E-state index in [2.05, 4.69) is 49.1 Å². The second-order valence-corrected chi connectivity index (χ2v) is 4.54. The van der Waals surface area contributed by atoms with E-state index in [1.165, 1.54) is 5.56 Å². The fourth-order valence-electron chi connectivity index (χ4n) is 1.99. The van der Waals surface area contributed by atoms with Gasteiger partial charge >= 0.3 is 0 Å². The molecule has 2 N–H and O–H groups in total. The molecular weight excluding hydrogens is 200 g/mol. The first-order valence-electron chi connectivity index (χ1n) is 6.19. The topological polar surface area (TPSA) is 37.2 Å². The van der Waals surface area contributed by atoms with Crippen LogP contribution < -0.4 is 5.32 Å². The Kier molecular flexibility index (Phi) is 5.56. The molecular formula is C13H24N2O. The molecule has 0 aliphatic rings. The van der Waals surface area contributed by atoms with Gasteiger partial charge < -0.3 is 15.0 Å². The maximum Gasteiger partial charge on any atom is 0.0448 e. The van der Waals surface area contributed by atoms with Crippen molar-refractivity contribution in [1.82, 2.24) is 9.88 Å². The summed E-state index contributed by atoms with van der Waals surface area (Å²) in [5.41, 5.74) is 1.34. The minimum Gasteiger partial charge on any atom is -0.396 e. The molecule has 1 rings (SSSR count). The Labute approximate surface area is 98.5 Å². The number of rotatable bonds is 7. The molecule has 0 amide bonds. The van der Waals surface area contributed by atoms with Crippen LogP contribution in [0.4, 0.5) is 0 Å². The van der Waals surface area contributed by atoms with Gasteiger partial charge in [-0.1, -0.05) is 20.8 Å². The largest absolute Gasteiger partial charge is 0.396 e. The van der Waals surface area contributed by atoms with Crippen molar-refractivity contribution in [3.63, 3.8) is 0 Å². The molecule has 0 spiro atoms. The zero-order valence-electron chi connectivity index (χ0n) is 10.6. The van der Waals surface area contributed by atoms with Crippen LogP contribution in [0, 0.1) is 5.92 Å². The van der Waals surface area contributed by atoms with E-state index in [9.17, 15) is 0 Å². The number of hydrogen-bond donors (Lipinski definition) is 2. The Balaban J connectivity index is 2.65. The maximum absolute atomic E-state index is 8.79. The number of nitrogens with one attached hydrogen (secondary N) is 1. The maximum atomic E-state index is 8.79. The van der Waals surface area contributed by atoms with Crippen molar-refractivity contribution in [1.29, 1.82) is 0 Å². The van der Waals surface area contributed by atoms with Gasteiger partial charge in [-0.2, -0.15) is 0 Å². The molecule has 0 saturated heterocycles. The number of aryl methyl sites for hydroxylation is 1. The van der Waals surface area contributed by atoms with Gasteiger partial charge in [0, 0.05) is 31.6 Å². The Morgan fingerprint density at radius 2 is 2.19 bits per heavy atom. The van der Waals surface area contributed by atoms with Gasteiger partial charge in [-0.3, -0.25) is 0 Å². The van der Waals surface area contributed by atoms with E-state index in [0.717, 1.165) is 19.5 Å². The van der Waals surface area contributed by atoms with Gasteiger partial charge in [0.1, 0.15) is 0 Å². The number of hydrogen-bond acceptors (Lipinski definition) is 2. The predicted molar refractivity (Wildman–Crippen MR) is 67.4 cm³/mol. The predicted octanol–water partition coefficient (Wildman–Crippen LogP) is 2.18. The standard InChI is InChI=1S/C13H24N2O/c1-4-14-13(11(2)3)12-6-8-15(10-12)7-5-9-16/h6,8,10-11,13-14,16H,4-5,7,9H2,1-3H3. The summed E-state index contributed by atoms with van der Waals surface area (Å²) in [5.74, 6) is 0.591. The Hall–Kier alpha value is -0.800. The van der Waals surface area contributed by atoms with Crippen molar-refractivity contribution in [3.05, 3.63) is 24.0 Å². The van der Waals surface area contributed by atoms with Crippen molar-refractivity contribution in [2.24, 2.45) is 5.92 Å². The van der Waals surface area contributed by atoms with Crippen LogP contribution in [0.5, 0.6) is 0 Å². The van der Waals surface area contributed by atoms with Crippen molar-refractivity contribution in [2.75, 3.05) is 13.2 Å². The number of aliphatic hydroxyl groups excluding tert-OH is 1. The molecule has 3 heteroatoms. The van der Waals surface area contributed by atoms with Crippen LogP contribution in [0.25, 0.3) is 0 Å². The molecule has 92 valence electrons. The van der Waals surface area contributed by atoms with Crippen LogP contribution in [0.15, 0.2) is 18.5 Å². The molecule has 3 nitrogen and oxygen atoms in total. The highest BCUT2D eigenvalue weighted by atomic mass is 16.3. The van der Waals surface area contributed by atoms with Crippen molar-refractivity contribution < 1.29 is 5.11 Å². The van der Waals surface area contributed by atoms with Gasteiger partial charge in [-0.05, 0) is 30.5 Å². The molecule has 0 aliphatic carbocycles. The van der Waals surface area contributed by atoms with E-state index >= 15 is 0 Å². The van der Waals surface area contributed by atoms with Crippen LogP contribution in [-0.2, 0) is 6.54 Å². The fourth-order valence-corrected chi connectivity index (χ4v) is 1.99. The second kappa shape index (κ2) is 6.71. The van der Waals surface area contributed by atoms with Gasteiger partial charge in [-0.15, -0.1) is 0 Å². The zero-order chi connectivity index (χ0) is 12.0. The lowest BCUT2D eigenvalue weighted by Crippen LogP contribution is -2.25. The number of aromatic nitrogens is 1. The van der Waals surface area contributed by atoms with Crippen LogP contribution in [0.2, 0.25) is 0 Å². The Morgan fingerprint density at radius 1 is 1.44 bits per heavy atom. The first-order chi connectivity index (χ1) is 7.69. The van der Waals surface area contributed by atoms with Gasteiger partial charge in [0.05, 0.1) is 0 Å². The quantitative estimate of drug-likeness (QED) is 0.745. The normalized spacial score (nSPS) is 13.3. The van der Waals surface area contributed by atoms with Crippen LogP contribution in [0.3, 0.4) is 0 Å². The first-order valence-corrected chi connectivity index (χ1v) is 6.19. The molecule has 1 atom stereocenters. The lowest BCUT2D eigenvalue weighted by atomic mass is 9.98. The summed E-state index contributed by atoms with van der Waals surface area (Å²) in [6.07, 6.45) is 5.10. The first kappa shape index (κ1) is 13.3. The molecule has 16 heavy (non-hydrogen) atoms. The lowest BCUT2D eigenvalue weighted by Gasteiger charge is -2.20. The fraction of sp³-hybridized carbons (Fsp3) is 0.692. The summed E-state index contributed by atoms with van der Waals surface area (Å²) in [6, 6.07) is 2.60. The third-order valence-corrected chi connectivity index (χ3v) is 2.80. The highest BCUT2D eigenvalue weighted by Crippen LogP contribution is 2.21. The summed E-state index contributed by atoms with van der Waals surface area (Å²) in [4.78, 5) is 0. The molecule has 1 unspecified atom stereocenters. The monoisotopic (exact) mass is 224 g/mol. The molecule has 0 bridgehead atoms. The SMILES string of the molecule is CCNC(c1ccn(CCCO)c1)C(C)C. The summed E-state index contributed by atoms with van der Waals surface area (Å²) in [7, 11) is 0. The molecule has 1 aromatic rings. The Bertz CT molecular complexity index is 294. The summed E-state index contributed by atoms with van der Waals surface area (Å²) in [6.45, 7) is 8.75.